The van der Waals surface area contributed by atoms with Crippen molar-refractivity contribution in [1.29, 1.82) is 5.41 Å². The lowest BCUT2D eigenvalue weighted by Crippen LogP contribution is -2.53. The maximum atomic E-state index is 14.4. The third kappa shape index (κ3) is 3.85. The van der Waals surface area contributed by atoms with Gasteiger partial charge in [0.1, 0.15) is 5.75 Å². The second-order valence-corrected chi connectivity index (χ2v) is 7.74. The first-order valence-electron chi connectivity index (χ1n) is 10.1. The van der Waals surface area contributed by atoms with Crippen molar-refractivity contribution in [2.24, 2.45) is 0 Å². The third-order valence-electron chi connectivity index (χ3n) is 5.86. The van der Waals surface area contributed by atoms with Crippen LogP contribution in [0.1, 0.15) is 24.5 Å². The van der Waals surface area contributed by atoms with E-state index >= 15 is 0 Å². The first kappa shape index (κ1) is 19.5. The zero-order valence-corrected chi connectivity index (χ0v) is 16.8. The molecule has 0 bridgehead atoms. The lowest BCUT2D eigenvalue weighted by atomic mass is 9.92. The summed E-state index contributed by atoms with van der Waals surface area (Å²) >= 11 is 0. The van der Waals surface area contributed by atoms with E-state index in [2.05, 4.69) is 35.6 Å². The molecule has 152 valence electrons. The van der Waals surface area contributed by atoms with Crippen molar-refractivity contribution in [2.75, 3.05) is 25.0 Å². The molecule has 6 heteroatoms. The number of hydrogen-bond acceptors (Lipinski definition) is 5. The van der Waals surface area contributed by atoms with Gasteiger partial charge in [-0.3, -0.25) is 0 Å². The predicted octanol–water partition coefficient (Wildman–Crippen LogP) is 3.94. The molecule has 0 aliphatic carbocycles. The molecular weight excluding hydrogens is 367 g/mol. The van der Waals surface area contributed by atoms with Gasteiger partial charge in [0, 0.05) is 61.0 Å². The maximum absolute atomic E-state index is 14.4. The molecule has 5 nitrogen and oxygen atoms in total. The van der Waals surface area contributed by atoms with Gasteiger partial charge in [0.2, 0.25) is 0 Å². The number of para-hydroxylation sites is 1. The van der Waals surface area contributed by atoms with Gasteiger partial charge in [0.15, 0.2) is 11.6 Å². The van der Waals surface area contributed by atoms with Crippen molar-refractivity contribution in [1.82, 2.24) is 10.6 Å². The van der Waals surface area contributed by atoms with Crippen LogP contribution in [0.5, 0.6) is 11.5 Å². The van der Waals surface area contributed by atoms with Crippen molar-refractivity contribution in [3.63, 3.8) is 0 Å². The lowest BCUT2D eigenvalue weighted by Gasteiger charge is -2.35. The summed E-state index contributed by atoms with van der Waals surface area (Å²) < 4.78 is 20.5. The minimum Gasteiger partial charge on any atom is -0.453 e. The number of allylic oxidation sites excluding steroid dienone is 1. The minimum atomic E-state index is -0.396. The number of hydrogen-bond donors (Lipinski definition) is 3. The molecule has 0 amide bonds. The Morgan fingerprint density at radius 2 is 2.07 bits per heavy atom. The second-order valence-electron chi connectivity index (χ2n) is 7.74. The summed E-state index contributed by atoms with van der Waals surface area (Å²) in [4.78, 5) is 2.24. The van der Waals surface area contributed by atoms with Crippen molar-refractivity contribution < 1.29 is 9.13 Å². The fourth-order valence-corrected chi connectivity index (χ4v) is 3.77. The minimum absolute atomic E-state index is 0.198. The first-order chi connectivity index (χ1) is 14.1. The molecule has 3 N–H and O–H groups in total. The van der Waals surface area contributed by atoms with Crippen molar-refractivity contribution in [3.8, 4) is 11.5 Å². The predicted molar refractivity (Wildman–Crippen MR) is 116 cm³/mol. The Hall–Kier alpha value is -2.86. The van der Waals surface area contributed by atoms with Crippen LogP contribution in [0.25, 0.3) is 5.57 Å². The first-order valence-corrected chi connectivity index (χ1v) is 10.1. The summed E-state index contributed by atoms with van der Waals surface area (Å²) in [6, 6.07) is 11.3. The summed E-state index contributed by atoms with van der Waals surface area (Å²) in [7, 11) is 2.08. The Labute approximate surface area is 171 Å². The molecule has 0 radical (unpaired) electrons. The number of fused-ring (bicyclic) bond motifs is 1. The Balaban J connectivity index is 1.79. The van der Waals surface area contributed by atoms with E-state index in [1.165, 1.54) is 12.3 Å². The molecule has 0 spiro atoms. The largest absolute Gasteiger partial charge is 0.453 e. The highest BCUT2D eigenvalue weighted by atomic mass is 19.1. The molecular formula is C23H27FN4O. The highest BCUT2D eigenvalue weighted by Crippen LogP contribution is 2.42. The monoisotopic (exact) mass is 394 g/mol. The Bertz CT molecular complexity index is 938. The van der Waals surface area contributed by atoms with E-state index in [1.807, 2.05) is 12.3 Å². The van der Waals surface area contributed by atoms with E-state index in [4.69, 9.17) is 10.1 Å². The van der Waals surface area contributed by atoms with Crippen LogP contribution in [0.2, 0.25) is 0 Å². The van der Waals surface area contributed by atoms with Crippen LogP contribution < -0.4 is 20.3 Å². The zero-order chi connectivity index (χ0) is 20.4. The van der Waals surface area contributed by atoms with E-state index in [1.54, 1.807) is 18.2 Å². The van der Waals surface area contributed by atoms with Crippen molar-refractivity contribution in [2.45, 2.75) is 31.8 Å². The molecule has 2 aromatic rings. The summed E-state index contributed by atoms with van der Waals surface area (Å²) in [5.41, 5.74) is 3.67. The summed E-state index contributed by atoms with van der Waals surface area (Å²) in [6.07, 6.45) is 5.04. The maximum Gasteiger partial charge on any atom is 0.165 e. The van der Waals surface area contributed by atoms with E-state index in [9.17, 15) is 4.39 Å². The number of benzene rings is 2. The highest BCUT2D eigenvalue weighted by Gasteiger charge is 2.26. The Morgan fingerprint density at radius 3 is 2.76 bits per heavy atom. The molecule has 2 aliphatic heterocycles. The second kappa shape index (κ2) is 8.25. The van der Waals surface area contributed by atoms with Crippen LogP contribution in [0.15, 0.2) is 42.6 Å². The standard InChI is InChI=1S/C23H27FN4O/c1-15-7-8-19-21(28(15)2)10-9-18(16(11-25)12-27-17-13-26-14-17)23(19)29-22-6-4-3-5-20(22)24/h3-6,9-12,15,17,25-27H,7-8,13-14H2,1-2H3/b16-12+,25-11?. The Kier molecular flexibility index (Phi) is 5.53. The SMILES string of the molecule is CC1CCc2c(ccc(/C(C=N)=C/NC3CNC3)c2Oc2ccccc2F)N1C. The number of anilines is 1. The highest BCUT2D eigenvalue weighted by molar-refractivity contribution is 6.09. The normalized spacial score (nSPS) is 19.3. The topological polar surface area (TPSA) is 60.4 Å². The van der Waals surface area contributed by atoms with Crippen molar-refractivity contribution in [3.05, 3.63) is 59.5 Å². The van der Waals surface area contributed by atoms with Crippen LogP contribution in [0.4, 0.5) is 10.1 Å². The summed E-state index contributed by atoms with van der Waals surface area (Å²) in [5.74, 6) is 0.436. The zero-order valence-electron chi connectivity index (χ0n) is 16.8. The molecule has 4 rings (SSSR count). The average molecular weight is 394 g/mol. The Morgan fingerprint density at radius 1 is 1.28 bits per heavy atom. The van der Waals surface area contributed by atoms with Gasteiger partial charge in [-0.05, 0) is 44.0 Å². The van der Waals surface area contributed by atoms with Gasteiger partial charge >= 0.3 is 0 Å². The van der Waals surface area contributed by atoms with Gasteiger partial charge in [-0.25, -0.2) is 4.39 Å². The van der Waals surface area contributed by atoms with Crippen molar-refractivity contribution >= 4 is 17.5 Å². The molecule has 1 atom stereocenters. The molecule has 1 saturated heterocycles. The number of ether oxygens (including phenoxy) is 1. The van der Waals surface area contributed by atoms with Crippen LogP contribution in [-0.2, 0) is 6.42 Å². The molecule has 2 aromatic carbocycles. The smallest absolute Gasteiger partial charge is 0.165 e. The number of nitrogens with zero attached hydrogens (tertiary/aromatic N) is 1. The van der Waals surface area contributed by atoms with Gasteiger partial charge in [-0.2, -0.15) is 0 Å². The van der Waals surface area contributed by atoms with Gasteiger partial charge in [0.05, 0.1) is 6.04 Å². The number of rotatable bonds is 6. The molecule has 1 unspecified atom stereocenters. The molecule has 29 heavy (non-hydrogen) atoms. The van der Waals surface area contributed by atoms with Crippen LogP contribution in [0.3, 0.4) is 0 Å². The lowest BCUT2D eigenvalue weighted by molar-refractivity contribution is 0.401. The van der Waals surface area contributed by atoms with Gasteiger partial charge < -0.3 is 25.7 Å². The van der Waals surface area contributed by atoms with Crippen LogP contribution in [-0.4, -0.2) is 38.4 Å². The van der Waals surface area contributed by atoms with Gasteiger partial charge in [-0.15, -0.1) is 0 Å². The van der Waals surface area contributed by atoms with E-state index in [-0.39, 0.29) is 5.75 Å². The summed E-state index contributed by atoms with van der Waals surface area (Å²) in [6.45, 7) is 4.02. The van der Waals surface area contributed by atoms with Gasteiger partial charge in [0.25, 0.3) is 0 Å². The fraction of sp³-hybridized carbons (Fsp3) is 0.348. The van der Waals surface area contributed by atoms with E-state index in [0.29, 0.717) is 23.4 Å². The van der Waals surface area contributed by atoms with E-state index in [0.717, 1.165) is 42.7 Å². The number of halogens is 1. The quantitative estimate of drug-likeness (QED) is 0.650. The fourth-order valence-electron chi connectivity index (χ4n) is 3.77. The molecule has 2 heterocycles. The third-order valence-corrected chi connectivity index (χ3v) is 5.86. The molecule has 0 aromatic heterocycles. The van der Waals surface area contributed by atoms with E-state index < -0.39 is 5.82 Å². The molecule has 2 aliphatic rings. The summed E-state index contributed by atoms with van der Waals surface area (Å²) in [5, 5.41) is 14.5. The molecule has 0 saturated carbocycles. The number of nitrogens with one attached hydrogen (secondary N) is 3. The van der Waals surface area contributed by atoms with Crippen LogP contribution >= 0.6 is 0 Å². The van der Waals surface area contributed by atoms with Gasteiger partial charge in [-0.1, -0.05) is 12.1 Å². The molecule has 1 fully saturated rings. The van der Waals surface area contributed by atoms with Crippen LogP contribution in [0, 0.1) is 11.2 Å². The average Bonchev–Trinajstić information content (AvgIpc) is 2.69.